The highest BCUT2D eigenvalue weighted by Crippen LogP contribution is 2.11. The second kappa shape index (κ2) is 5.08. The first kappa shape index (κ1) is 12.7. The molecule has 0 aliphatic carbocycles. The Hall–Kier alpha value is -1.41. The molecule has 1 rings (SSSR count). The summed E-state index contributed by atoms with van der Waals surface area (Å²) in [5.41, 5.74) is -0.343. The van der Waals surface area contributed by atoms with Crippen LogP contribution < -0.4 is 5.32 Å². The van der Waals surface area contributed by atoms with Gasteiger partial charge < -0.3 is 5.32 Å². The number of nitriles is 1. The Morgan fingerprint density at radius 1 is 1.75 bits per heavy atom. The number of amides is 1. The first-order valence-corrected chi connectivity index (χ1v) is 5.65. The summed E-state index contributed by atoms with van der Waals surface area (Å²) in [5.74, 6) is -0.269. The number of halogens is 1. The highest BCUT2D eigenvalue weighted by atomic mass is 79.9. The maximum absolute atomic E-state index is 11.8. The third kappa shape index (κ3) is 3.04. The van der Waals surface area contributed by atoms with E-state index in [0.29, 0.717) is 16.6 Å². The molecule has 0 bridgehead atoms. The van der Waals surface area contributed by atoms with Crippen LogP contribution in [0.5, 0.6) is 0 Å². The zero-order valence-electron chi connectivity index (χ0n) is 9.12. The molecule has 1 atom stereocenters. The van der Waals surface area contributed by atoms with Crippen LogP contribution in [0, 0.1) is 11.3 Å². The second-order valence-corrected chi connectivity index (χ2v) is 4.43. The Morgan fingerprint density at radius 2 is 2.44 bits per heavy atom. The summed E-state index contributed by atoms with van der Waals surface area (Å²) < 4.78 is 0.593. The maximum Gasteiger partial charge on any atom is 0.252 e. The Kier molecular flexibility index (Phi) is 4.02. The molecular weight excluding hydrogens is 270 g/mol. The van der Waals surface area contributed by atoms with Gasteiger partial charge in [0.05, 0.1) is 6.07 Å². The molecular formula is C11H12BrN3O. The average Bonchev–Trinajstić information content (AvgIpc) is 2.29. The number of pyridine rings is 1. The normalized spacial score (nSPS) is 13.6. The van der Waals surface area contributed by atoms with Crippen LogP contribution >= 0.6 is 15.9 Å². The summed E-state index contributed by atoms with van der Waals surface area (Å²) in [5, 5.41) is 11.6. The standard InChI is InChI=1S/C11H12BrN3O/c1-3-11(2,7-13)15-10(16)8-4-5-14-9(12)6-8/h4-6H,3H2,1-2H3,(H,15,16). The number of aromatic nitrogens is 1. The molecule has 0 saturated carbocycles. The van der Waals surface area contributed by atoms with Gasteiger partial charge in [-0.2, -0.15) is 5.26 Å². The van der Waals surface area contributed by atoms with Crippen molar-refractivity contribution in [3.8, 4) is 6.07 Å². The van der Waals surface area contributed by atoms with E-state index in [4.69, 9.17) is 5.26 Å². The van der Waals surface area contributed by atoms with Crippen LogP contribution in [0.4, 0.5) is 0 Å². The number of carbonyl (C=O) groups is 1. The van der Waals surface area contributed by atoms with Crippen molar-refractivity contribution in [2.45, 2.75) is 25.8 Å². The molecule has 0 spiro atoms. The van der Waals surface area contributed by atoms with Gasteiger partial charge >= 0.3 is 0 Å². The highest BCUT2D eigenvalue weighted by Gasteiger charge is 2.24. The number of nitrogens with one attached hydrogen (secondary N) is 1. The number of carbonyl (C=O) groups excluding carboxylic acids is 1. The van der Waals surface area contributed by atoms with Crippen molar-refractivity contribution in [1.82, 2.24) is 10.3 Å². The second-order valence-electron chi connectivity index (χ2n) is 3.62. The zero-order valence-corrected chi connectivity index (χ0v) is 10.7. The van der Waals surface area contributed by atoms with E-state index in [2.05, 4.69) is 32.3 Å². The quantitative estimate of drug-likeness (QED) is 0.865. The molecule has 0 saturated heterocycles. The van der Waals surface area contributed by atoms with Crippen LogP contribution in [0.25, 0.3) is 0 Å². The lowest BCUT2D eigenvalue weighted by Gasteiger charge is -2.21. The topological polar surface area (TPSA) is 65.8 Å². The Labute approximate surface area is 103 Å². The minimum Gasteiger partial charge on any atom is -0.334 e. The third-order valence-corrected chi connectivity index (χ3v) is 2.77. The molecule has 1 aromatic heterocycles. The Bertz CT molecular complexity index is 441. The molecule has 1 aromatic rings. The molecule has 1 heterocycles. The monoisotopic (exact) mass is 281 g/mol. The van der Waals surface area contributed by atoms with Crippen LogP contribution in [0.1, 0.15) is 30.6 Å². The smallest absolute Gasteiger partial charge is 0.252 e. The number of hydrogen-bond acceptors (Lipinski definition) is 3. The van der Waals surface area contributed by atoms with Gasteiger partial charge in [-0.05, 0) is 41.4 Å². The summed E-state index contributed by atoms with van der Waals surface area (Å²) >= 11 is 3.19. The van der Waals surface area contributed by atoms with Crippen molar-refractivity contribution >= 4 is 21.8 Å². The fourth-order valence-electron chi connectivity index (χ4n) is 1.06. The van der Waals surface area contributed by atoms with Crippen molar-refractivity contribution in [1.29, 1.82) is 5.26 Å². The van der Waals surface area contributed by atoms with Gasteiger partial charge in [0.2, 0.25) is 0 Å². The molecule has 5 heteroatoms. The van der Waals surface area contributed by atoms with E-state index < -0.39 is 5.54 Å². The van der Waals surface area contributed by atoms with Crippen LogP contribution in [0.3, 0.4) is 0 Å². The molecule has 0 radical (unpaired) electrons. The molecule has 4 nitrogen and oxygen atoms in total. The third-order valence-electron chi connectivity index (χ3n) is 2.33. The fourth-order valence-corrected chi connectivity index (χ4v) is 1.43. The first-order valence-electron chi connectivity index (χ1n) is 4.86. The van der Waals surface area contributed by atoms with Crippen LogP contribution in [-0.4, -0.2) is 16.4 Å². The molecule has 0 aromatic carbocycles. The summed E-state index contributed by atoms with van der Waals surface area (Å²) in [6.07, 6.45) is 2.09. The summed E-state index contributed by atoms with van der Waals surface area (Å²) in [7, 11) is 0. The number of hydrogen-bond donors (Lipinski definition) is 1. The van der Waals surface area contributed by atoms with Gasteiger partial charge in [-0.1, -0.05) is 6.92 Å². The molecule has 1 N–H and O–H groups in total. The SMILES string of the molecule is CCC(C)(C#N)NC(=O)c1ccnc(Br)c1. The highest BCUT2D eigenvalue weighted by molar-refractivity contribution is 9.10. The fraction of sp³-hybridized carbons (Fsp3) is 0.364. The van der Waals surface area contributed by atoms with E-state index in [-0.39, 0.29) is 5.91 Å². The van der Waals surface area contributed by atoms with Crippen molar-refractivity contribution < 1.29 is 4.79 Å². The van der Waals surface area contributed by atoms with Crippen LogP contribution in [0.2, 0.25) is 0 Å². The summed E-state index contributed by atoms with van der Waals surface area (Å²) in [6.45, 7) is 3.55. The van der Waals surface area contributed by atoms with E-state index in [1.165, 1.54) is 6.20 Å². The summed E-state index contributed by atoms with van der Waals surface area (Å²) in [6, 6.07) is 5.30. The average molecular weight is 282 g/mol. The van der Waals surface area contributed by atoms with Gasteiger partial charge in [-0.25, -0.2) is 4.98 Å². The lowest BCUT2D eigenvalue weighted by Crippen LogP contribution is -2.44. The molecule has 16 heavy (non-hydrogen) atoms. The van der Waals surface area contributed by atoms with E-state index in [9.17, 15) is 4.79 Å². The van der Waals surface area contributed by atoms with Gasteiger partial charge in [-0.3, -0.25) is 4.79 Å². The van der Waals surface area contributed by atoms with Crippen LogP contribution in [-0.2, 0) is 0 Å². The summed E-state index contributed by atoms with van der Waals surface area (Å²) in [4.78, 5) is 15.8. The molecule has 1 unspecified atom stereocenters. The van der Waals surface area contributed by atoms with Gasteiger partial charge in [0.25, 0.3) is 5.91 Å². The van der Waals surface area contributed by atoms with Crippen molar-refractivity contribution in [2.24, 2.45) is 0 Å². The lowest BCUT2D eigenvalue weighted by atomic mass is 10.0. The van der Waals surface area contributed by atoms with E-state index >= 15 is 0 Å². The van der Waals surface area contributed by atoms with Gasteiger partial charge in [0, 0.05) is 11.8 Å². The van der Waals surface area contributed by atoms with E-state index in [1.54, 1.807) is 19.1 Å². The van der Waals surface area contributed by atoms with Crippen molar-refractivity contribution in [3.05, 3.63) is 28.5 Å². The predicted octanol–water partition coefficient (Wildman–Crippen LogP) is 2.27. The molecule has 84 valence electrons. The van der Waals surface area contributed by atoms with Crippen molar-refractivity contribution in [3.63, 3.8) is 0 Å². The molecule has 0 fully saturated rings. The van der Waals surface area contributed by atoms with E-state index in [0.717, 1.165) is 0 Å². The first-order chi connectivity index (χ1) is 7.50. The lowest BCUT2D eigenvalue weighted by molar-refractivity contribution is 0.0923. The number of rotatable bonds is 3. The minimum absolute atomic E-state index is 0.269. The number of nitrogens with zero attached hydrogens (tertiary/aromatic N) is 2. The van der Waals surface area contributed by atoms with E-state index in [1.807, 2.05) is 6.92 Å². The Morgan fingerprint density at radius 3 is 2.94 bits per heavy atom. The van der Waals surface area contributed by atoms with Gasteiger partial charge in [0.15, 0.2) is 0 Å². The molecule has 0 aliphatic heterocycles. The zero-order chi connectivity index (χ0) is 12.2. The predicted molar refractivity (Wildman–Crippen MR) is 63.7 cm³/mol. The molecule has 1 amide bonds. The van der Waals surface area contributed by atoms with Gasteiger partial charge in [-0.15, -0.1) is 0 Å². The molecule has 0 aliphatic rings. The maximum atomic E-state index is 11.8. The van der Waals surface area contributed by atoms with Gasteiger partial charge in [0.1, 0.15) is 10.1 Å². The Balaban J connectivity index is 2.85. The van der Waals surface area contributed by atoms with Crippen LogP contribution in [0.15, 0.2) is 22.9 Å². The van der Waals surface area contributed by atoms with Crippen molar-refractivity contribution in [2.75, 3.05) is 0 Å². The minimum atomic E-state index is -0.827. The largest absolute Gasteiger partial charge is 0.334 e.